The van der Waals surface area contributed by atoms with Crippen LogP contribution in [0.4, 0.5) is 5.69 Å². The molecule has 2 N–H and O–H groups in total. The highest BCUT2D eigenvalue weighted by Crippen LogP contribution is 2.23. The molecule has 0 unspecified atom stereocenters. The van der Waals surface area contributed by atoms with Crippen LogP contribution in [0.2, 0.25) is 0 Å². The first-order chi connectivity index (χ1) is 10.3. The fourth-order valence-electron chi connectivity index (χ4n) is 2.66. The van der Waals surface area contributed by atoms with Crippen molar-refractivity contribution in [2.75, 3.05) is 25.0 Å². The topological polar surface area (TPSA) is 52.6 Å². The van der Waals surface area contributed by atoms with E-state index in [-0.39, 0.29) is 17.4 Å². The normalized spacial score (nSPS) is 16.7. The second-order valence-corrected chi connectivity index (χ2v) is 7.42. The van der Waals surface area contributed by atoms with Crippen LogP contribution < -0.4 is 5.32 Å². The number of nitrogens with one attached hydrogen (secondary N) is 1. The summed E-state index contributed by atoms with van der Waals surface area (Å²) in [5.41, 5.74) is 2.98. The number of carbonyl (C=O) groups excluding carboxylic acids is 1. The van der Waals surface area contributed by atoms with E-state index in [2.05, 4.69) is 26.1 Å². The van der Waals surface area contributed by atoms with Crippen LogP contribution >= 0.6 is 0 Å². The summed E-state index contributed by atoms with van der Waals surface area (Å²) in [5.74, 6) is 0.0730. The highest BCUT2D eigenvalue weighted by Gasteiger charge is 2.24. The third-order valence-electron chi connectivity index (χ3n) is 4.13. The van der Waals surface area contributed by atoms with Gasteiger partial charge in [-0.25, -0.2) is 0 Å². The quantitative estimate of drug-likeness (QED) is 0.902. The molecule has 1 saturated heterocycles. The molecule has 1 amide bonds. The number of anilines is 1. The molecule has 2 rings (SSSR count). The summed E-state index contributed by atoms with van der Waals surface area (Å²) in [4.78, 5) is 14.5. The number of likely N-dealkylation sites (tertiary alicyclic amines) is 1. The average Bonchev–Trinajstić information content (AvgIpc) is 2.45. The largest absolute Gasteiger partial charge is 0.393 e. The first-order valence-corrected chi connectivity index (χ1v) is 8.09. The lowest BCUT2D eigenvalue weighted by molar-refractivity contribution is 0.0546. The fraction of sp³-hybridized carbons (Fsp3) is 0.611. The second-order valence-electron chi connectivity index (χ2n) is 7.42. The van der Waals surface area contributed by atoms with Gasteiger partial charge in [0, 0.05) is 30.9 Å². The van der Waals surface area contributed by atoms with Gasteiger partial charge in [-0.2, -0.15) is 0 Å². The number of nitrogens with zero attached hydrogens (tertiary/aromatic N) is 1. The van der Waals surface area contributed by atoms with E-state index in [9.17, 15) is 9.90 Å². The zero-order valence-corrected chi connectivity index (χ0v) is 14.1. The first kappa shape index (κ1) is 16.8. The average molecular weight is 304 g/mol. The van der Waals surface area contributed by atoms with Crippen LogP contribution in [0, 0.1) is 12.3 Å². The van der Waals surface area contributed by atoms with Crippen LogP contribution in [-0.2, 0) is 0 Å². The number of amides is 1. The lowest BCUT2D eigenvalue weighted by Crippen LogP contribution is -2.40. The van der Waals surface area contributed by atoms with Crippen molar-refractivity contribution in [3.63, 3.8) is 0 Å². The van der Waals surface area contributed by atoms with Crippen LogP contribution in [0.15, 0.2) is 18.2 Å². The maximum Gasteiger partial charge on any atom is 0.254 e. The summed E-state index contributed by atoms with van der Waals surface area (Å²) in [7, 11) is 0. The molecule has 4 heteroatoms. The SMILES string of the molecule is Cc1c(NCC(C)(C)C)cccc1C(=O)N1CCC(O)CC1. The third-order valence-corrected chi connectivity index (χ3v) is 4.13. The molecule has 1 aliphatic rings. The number of hydrogen-bond donors (Lipinski definition) is 2. The zero-order valence-electron chi connectivity index (χ0n) is 14.1. The van der Waals surface area contributed by atoms with Crippen molar-refractivity contribution >= 4 is 11.6 Å². The van der Waals surface area contributed by atoms with Crippen molar-refractivity contribution in [3.8, 4) is 0 Å². The Balaban J connectivity index is 2.12. The Morgan fingerprint density at radius 3 is 2.55 bits per heavy atom. The van der Waals surface area contributed by atoms with E-state index in [1.165, 1.54) is 0 Å². The summed E-state index contributed by atoms with van der Waals surface area (Å²) >= 11 is 0. The number of rotatable bonds is 3. The van der Waals surface area contributed by atoms with Gasteiger partial charge in [-0.15, -0.1) is 0 Å². The maximum absolute atomic E-state index is 12.7. The molecular weight excluding hydrogens is 276 g/mol. The van der Waals surface area contributed by atoms with Gasteiger partial charge in [-0.05, 0) is 42.9 Å². The van der Waals surface area contributed by atoms with Crippen molar-refractivity contribution in [2.45, 2.75) is 46.6 Å². The Morgan fingerprint density at radius 1 is 1.32 bits per heavy atom. The Kier molecular flexibility index (Phi) is 5.12. The molecule has 122 valence electrons. The Hall–Kier alpha value is -1.55. The van der Waals surface area contributed by atoms with Gasteiger partial charge < -0.3 is 15.3 Å². The highest BCUT2D eigenvalue weighted by atomic mass is 16.3. The third kappa shape index (κ3) is 4.23. The Labute approximate surface area is 133 Å². The van der Waals surface area contributed by atoms with Gasteiger partial charge in [0.2, 0.25) is 0 Å². The van der Waals surface area contributed by atoms with Crippen LogP contribution in [-0.4, -0.2) is 41.7 Å². The van der Waals surface area contributed by atoms with Crippen LogP contribution in [0.3, 0.4) is 0 Å². The van der Waals surface area contributed by atoms with E-state index < -0.39 is 0 Å². The summed E-state index contributed by atoms with van der Waals surface area (Å²) in [6.45, 7) is 10.7. The predicted molar refractivity (Wildman–Crippen MR) is 90.3 cm³/mol. The van der Waals surface area contributed by atoms with Crippen molar-refractivity contribution in [3.05, 3.63) is 29.3 Å². The lowest BCUT2D eigenvalue weighted by Gasteiger charge is -2.30. The number of aliphatic hydroxyl groups excluding tert-OH is 1. The smallest absolute Gasteiger partial charge is 0.254 e. The molecule has 22 heavy (non-hydrogen) atoms. The van der Waals surface area contributed by atoms with Crippen molar-refractivity contribution in [2.24, 2.45) is 5.41 Å². The molecule has 0 aromatic heterocycles. The van der Waals surface area contributed by atoms with E-state index >= 15 is 0 Å². The summed E-state index contributed by atoms with van der Waals surface area (Å²) in [6, 6.07) is 5.85. The number of piperidine rings is 1. The summed E-state index contributed by atoms with van der Waals surface area (Å²) in [5, 5.41) is 13.0. The van der Waals surface area contributed by atoms with E-state index in [1.807, 2.05) is 30.0 Å². The minimum absolute atomic E-state index is 0.0730. The molecule has 0 aliphatic carbocycles. The standard InChI is InChI=1S/C18H28N2O2/c1-13-15(17(22)20-10-8-14(21)9-11-20)6-5-7-16(13)19-12-18(2,3)4/h5-7,14,19,21H,8-12H2,1-4H3. The van der Waals surface area contributed by atoms with Crippen LogP contribution in [0.1, 0.15) is 49.5 Å². The number of carbonyl (C=O) groups is 1. The molecular formula is C18H28N2O2. The molecule has 1 aromatic carbocycles. The minimum Gasteiger partial charge on any atom is -0.393 e. The number of hydrogen-bond acceptors (Lipinski definition) is 3. The zero-order chi connectivity index (χ0) is 16.3. The van der Waals surface area contributed by atoms with Crippen molar-refractivity contribution in [1.29, 1.82) is 0 Å². The molecule has 0 atom stereocenters. The van der Waals surface area contributed by atoms with E-state index in [0.717, 1.165) is 23.4 Å². The van der Waals surface area contributed by atoms with Gasteiger partial charge in [-0.1, -0.05) is 26.8 Å². The highest BCUT2D eigenvalue weighted by molar-refractivity contribution is 5.97. The van der Waals surface area contributed by atoms with E-state index in [0.29, 0.717) is 25.9 Å². The van der Waals surface area contributed by atoms with Crippen molar-refractivity contribution < 1.29 is 9.90 Å². The van der Waals surface area contributed by atoms with Gasteiger partial charge in [-0.3, -0.25) is 4.79 Å². The van der Waals surface area contributed by atoms with Crippen LogP contribution in [0.5, 0.6) is 0 Å². The summed E-state index contributed by atoms with van der Waals surface area (Å²) in [6.07, 6.45) is 1.09. The maximum atomic E-state index is 12.7. The van der Waals surface area contributed by atoms with Gasteiger partial charge in [0.25, 0.3) is 5.91 Å². The second kappa shape index (κ2) is 6.69. The Morgan fingerprint density at radius 2 is 1.95 bits per heavy atom. The molecule has 1 aliphatic heterocycles. The molecule has 0 radical (unpaired) electrons. The lowest BCUT2D eigenvalue weighted by atomic mass is 9.96. The molecule has 0 bridgehead atoms. The molecule has 1 aromatic rings. The number of aliphatic hydroxyl groups is 1. The Bertz CT molecular complexity index is 526. The van der Waals surface area contributed by atoms with Crippen LogP contribution in [0.25, 0.3) is 0 Å². The van der Waals surface area contributed by atoms with Gasteiger partial charge in [0.1, 0.15) is 0 Å². The van der Waals surface area contributed by atoms with Gasteiger partial charge in [0.15, 0.2) is 0 Å². The minimum atomic E-state index is -0.259. The van der Waals surface area contributed by atoms with Crippen molar-refractivity contribution in [1.82, 2.24) is 4.90 Å². The van der Waals surface area contributed by atoms with Gasteiger partial charge in [0.05, 0.1) is 6.10 Å². The first-order valence-electron chi connectivity index (χ1n) is 8.09. The molecule has 1 fully saturated rings. The summed E-state index contributed by atoms with van der Waals surface area (Å²) < 4.78 is 0. The molecule has 0 saturated carbocycles. The molecule has 4 nitrogen and oxygen atoms in total. The van der Waals surface area contributed by atoms with E-state index in [4.69, 9.17) is 0 Å². The molecule has 1 heterocycles. The fourth-order valence-corrected chi connectivity index (χ4v) is 2.66. The molecule has 0 spiro atoms. The monoisotopic (exact) mass is 304 g/mol. The van der Waals surface area contributed by atoms with Gasteiger partial charge >= 0.3 is 0 Å². The predicted octanol–water partition coefficient (Wildman–Crippen LogP) is 3.05. The van der Waals surface area contributed by atoms with E-state index in [1.54, 1.807) is 0 Å². The number of benzene rings is 1.